The van der Waals surface area contributed by atoms with Gasteiger partial charge >= 0.3 is 0 Å². The van der Waals surface area contributed by atoms with Crippen molar-refractivity contribution in [1.82, 2.24) is 4.98 Å². The number of carbonyl (C=O) groups excluding carboxylic acids is 1. The molecule has 1 unspecified atom stereocenters. The molecular weight excluding hydrogens is 284 g/mol. The highest BCUT2D eigenvalue weighted by molar-refractivity contribution is 7.99. The van der Waals surface area contributed by atoms with Crippen molar-refractivity contribution in [3.63, 3.8) is 0 Å². The van der Waals surface area contributed by atoms with E-state index in [1.807, 2.05) is 18.2 Å². The molecule has 0 saturated carbocycles. The molecule has 21 heavy (non-hydrogen) atoms. The van der Waals surface area contributed by atoms with Crippen LogP contribution in [0.15, 0.2) is 57.6 Å². The summed E-state index contributed by atoms with van der Waals surface area (Å²) < 4.78 is 0. The number of amides is 1. The zero-order chi connectivity index (χ0) is 14.7. The van der Waals surface area contributed by atoms with Gasteiger partial charge in [0.05, 0.1) is 16.3 Å². The average molecular weight is 294 g/mol. The summed E-state index contributed by atoms with van der Waals surface area (Å²) in [5, 5.41) is 11.0. The van der Waals surface area contributed by atoms with Crippen LogP contribution in [0.4, 0.5) is 0 Å². The van der Waals surface area contributed by atoms with Gasteiger partial charge in [-0.25, -0.2) is 9.98 Å². The second kappa shape index (κ2) is 5.85. The Morgan fingerprint density at radius 1 is 1.19 bits per heavy atom. The van der Waals surface area contributed by atoms with Crippen LogP contribution in [-0.2, 0) is 4.79 Å². The van der Waals surface area contributed by atoms with Gasteiger partial charge in [-0.15, -0.1) is 11.8 Å². The number of aromatic nitrogens is 1. The predicted octanol–water partition coefficient (Wildman–Crippen LogP) is 0.894. The molecule has 1 aliphatic heterocycles. The minimum atomic E-state index is -0.529. The fourth-order valence-electron chi connectivity index (χ4n) is 1.94. The summed E-state index contributed by atoms with van der Waals surface area (Å²) in [6.07, 6.45) is 1.63. The second-order valence-corrected chi connectivity index (χ2v) is 5.37. The van der Waals surface area contributed by atoms with Gasteiger partial charge in [-0.1, -0.05) is 12.1 Å². The minimum Gasteiger partial charge on any atom is -0.270 e. The zero-order valence-corrected chi connectivity index (χ0v) is 11.7. The van der Waals surface area contributed by atoms with E-state index in [0.29, 0.717) is 21.7 Å². The van der Waals surface area contributed by atoms with Gasteiger partial charge in [-0.3, -0.25) is 9.79 Å². The first-order chi connectivity index (χ1) is 10.3. The molecule has 0 fully saturated rings. The molecule has 2 heterocycles. The molecule has 1 amide bonds. The smallest absolute Gasteiger partial charge is 0.270 e. The summed E-state index contributed by atoms with van der Waals surface area (Å²) in [6.45, 7) is 0. The van der Waals surface area contributed by atoms with Crippen molar-refractivity contribution < 1.29 is 4.79 Å². The van der Waals surface area contributed by atoms with Crippen LogP contribution in [0.2, 0.25) is 0 Å². The first kappa shape index (κ1) is 13.5. The number of fused-ring (bicyclic) bond motifs is 1. The number of nitrogens with zero attached hydrogens (tertiary/aromatic N) is 4. The molecule has 0 N–H and O–H groups in total. The molecule has 3 rings (SSSR count). The van der Waals surface area contributed by atoms with Gasteiger partial charge in [0.25, 0.3) is 5.91 Å². The first-order valence-electron chi connectivity index (χ1n) is 6.31. The molecule has 102 valence electrons. The number of nitriles is 1. The molecule has 1 aliphatic rings. The largest absolute Gasteiger partial charge is 0.271 e. The van der Waals surface area contributed by atoms with E-state index in [2.05, 4.69) is 21.0 Å². The van der Waals surface area contributed by atoms with Crippen LogP contribution in [0.5, 0.6) is 0 Å². The van der Waals surface area contributed by atoms with Gasteiger partial charge in [0.15, 0.2) is 0 Å². The molecule has 0 bridgehead atoms. The van der Waals surface area contributed by atoms with Crippen molar-refractivity contribution in [3.8, 4) is 6.07 Å². The van der Waals surface area contributed by atoms with Crippen LogP contribution in [0.3, 0.4) is 0 Å². The van der Waals surface area contributed by atoms with Crippen LogP contribution < -0.4 is 10.7 Å². The Bertz CT molecular complexity index is 856. The quantitative estimate of drug-likeness (QED) is 0.788. The molecule has 1 aromatic carbocycles. The van der Waals surface area contributed by atoms with E-state index >= 15 is 0 Å². The van der Waals surface area contributed by atoms with E-state index in [4.69, 9.17) is 5.26 Å². The molecule has 1 atom stereocenters. The number of hydrogen-bond donors (Lipinski definition) is 0. The zero-order valence-electron chi connectivity index (χ0n) is 10.9. The maximum absolute atomic E-state index is 12.0. The second-order valence-electron chi connectivity index (χ2n) is 4.36. The lowest BCUT2D eigenvalue weighted by molar-refractivity contribution is -0.119. The Balaban J connectivity index is 1.82. The Labute approximate surface area is 125 Å². The highest BCUT2D eigenvalue weighted by Gasteiger charge is 2.20. The lowest BCUT2D eigenvalue weighted by Gasteiger charge is -2.11. The Kier molecular flexibility index (Phi) is 3.75. The van der Waals surface area contributed by atoms with E-state index in [0.717, 1.165) is 5.36 Å². The fraction of sp³-hybridized carbons (Fsp3) is 0.133. The van der Waals surface area contributed by atoms with Crippen molar-refractivity contribution >= 4 is 17.7 Å². The van der Waals surface area contributed by atoms with Gasteiger partial charge in [0.1, 0.15) is 17.1 Å². The third-order valence-corrected chi connectivity index (χ3v) is 4.04. The Hall–Kier alpha value is -2.52. The van der Waals surface area contributed by atoms with Crippen LogP contribution >= 0.6 is 11.8 Å². The number of para-hydroxylation sites is 2. The molecule has 6 heteroatoms. The number of thioether (sulfide) groups is 1. The maximum Gasteiger partial charge on any atom is 0.271 e. The van der Waals surface area contributed by atoms with E-state index in [1.54, 1.807) is 24.4 Å². The molecule has 0 aliphatic carbocycles. The van der Waals surface area contributed by atoms with Crippen LogP contribution in [0, 0.1) is 11.3 Å². The van der Waals surface area contributed by atoms with E-state index in [-0.39, 0.29) is 5.91 Å². The van der Waals surface area contributed by atoms with Gasteiger partial charge in [0, 0.05) is 11.9 Å². The van der Waals surface area contributed by atoms with Gasteiger partial charge in [-0.05, 0) is 24.3 Å². The molecule has 1 aromatic heterocycles. The molecule has 0 saturated heterocycles. The molecule has 2 aromatic rings. The van der Waals surface area contributed by atoms with E-state index < -0.39 is 6.04 Å². The average Bonchev–Trinajstić information content (AvgIpc) is 2.53. The van der Waals surface area contributed by atoms with Crippen molar-refractivity contribution in [2.45, 2.75) is 11.1 Å². The summed E-state index contributed by atoms with van der Waals surface area (Å²) in [7, 11) is 0. The van der Waals surface area contributed by atoms with Crippen molar-refractivity contribution in [2.24, 2.45) is 9.98 Å². The third kappa shape index (κ3) is 2.83. The summed E-state index contributed by atoms with van der Waals surface area (Å²) in [5.41, 5.74) is 0.503. The summed E-state index contributed by atoms with van der Waals surface area (Å²) >= 11 is 1.35. The lowest BCUT2D eigenvalue weighted by atomic mass is 10.2. The maximum atomic E-state index is 12.0. The fourth-order valence-corrected chi connectivity index (χ4v) is 2.88. The number of pyridine rings is 1. The monoisotopic (exact) mass is 294 g/mol. The Morgan fingerprint density at radius 2 is 2.00 bits per heavy atom. The van der Waals surface area contributed by atoms with Crippen molar-refractivity contribution in [2.75, 3.05) is 5.75 Å². The van der Waals surface area contributed by atoms with Crippen LogP contribution in [-0.4, -0.2) is 22.7 Å². The summed E-state index contributed by atoms with van der Waals surface area (Å²) in [6, 6.07) is 12.3. The van der Waals surface area contributed by atoms with Gasteiger partial charge in [0.2, 0.25) is 0 Å². The number of carbonyl (C=O) groups is 1. The topological polar surface area (TPSA) is 78.5 Å². The Morgan fingerprint density at radius 3 is 2.81 bits per heavy atom. The highest BCUT2D eigenvalue weighted by Crippen LogP contribution is 2.21. The van der Waals surface area contributed by atoms with Gasteiger partial charge in [-0.2, -0.15) is 5.26 Å². The van der Waals surface area contributed by atoms with E-state index in [9.17, 15) is 4.79 Å². The number of benzene rings is 1. The number of hydrogen-bond acceptors (Lipinski definition) is 5. The van der Waals surface area contributed by atoms with Crippen molar-refractivity contribution in [1.29, 1.82) is 5.26 Å². The van der Waals surface area contributed by atoms with Crippen LogP contribution in [0.1, 0.15) is 5.56 Å². The number of rotatable bonds is 3. The summed E-state index contributed by atoms with van der Waals surface area (Å²) in [4.78, 5) is 24.6. The summed E-state index contributed by atoms with van der Waals surface area (Å²) in [5.74, 6) is 0.165. The SMILES string of the molecule is N#Cc1cccnc1SCC1N=c2ccccc2=NC1=O. The minimum absolute atomic E-state index is 0.254. The van der Waals surface area contributed by atoms with Crippen LogP contribution in [0.25, 0.3) is 0 Å². The normalized spacial score (nSPS) is 16.3. The third-order valence-electron chi connectivity index (χ3n) is 2.96. The standard InChI is InChI=1S/C15H10N4OS/c16-8-10-4-3-7-17-15(10)21-9-13-14(20)19-12-6-2-1-5-11(12)18-13/h1-7,13H,9H2. The predicted molar refractivity (Wildman–Crippen MR) is 77.2 cm³/mol. The van der Waals surface area contributed by atoms with E-state index in [1.165, 1.54) is 11.8 Å². The van der Waals surface area contributed by atoms with Gasteiger partial charge < -0.3 is 0 Å². The molecule has 5 nitrogen and oxygen atoms in total. The molecule has 0 radical (unpaired) electrons. The highest BCUT2D eigenvalue weighted by atomic mass is 32.2. The first-order valence-corrected chi connectivity index (χ1v) is 7.30. The lowest BCUT2D eigenvalue weighted by Crippen LogP contribution is -2.37. The molecule has 0 spiro atoms. The molecular formula is C15H10N4OS. The van der Waals surface area contributed by atoms with Crippen molar-refractivity contribution in [3.05, 3.63) is 58.9 Å².